The smallest absolute Gasteiger partial charge is 0.137 e. The summed E-state index contributed by atoms with van der Waals surface area (Å²) >= 11 is 0. The molecule has 1 aliphatic rings. The third-order valence-electron chi connectivity index (χ3n) is 13.7. The highest BCUT2D eigenvalue weighted by molar-refractivity contribution is 6.10. The first-order valence-electron chi connectivity index (χ1n) is 23.8. The predicted octanol–water partition coefficient (Wildman–Crippen LogP) is 16.4. The van der Waals surface area contributed by atoms with Gasteiger partial charge >= 0.3 is 0 Å². The molecule has 5 nitrogen and oxygen atoms in total. The summed E-state index contributed by atoms with van der Waals surface area (Å²) < 4.78 is 9.16. The maximum absolute atomic E-state index is 6.85. The van der Waals surface area contributed by atoms with Gasteiger partial charge in [0.25, 0.3) is 0 Å². The lowest BCUT2D eigenvalue weighted by Crippen LogP contribution is -2.27. The average molecular weight is 871 g/mol. The molecule has 2 aromatic heterocycles. The Morgan fingerprint density at radius 1 is 0.515 bits per heavy atom. The molecule has 0 amide bonds. The molecule has 0 spiro atoms. The maximum Gasteiger partial charge on any atom is 0.137 e. The Morgan fingerprint density at radius 3 is 1.85 bits per heavy atom. The van der Waals surface area contributed by atoms with Crippen molar-refractivity contribution in [1.82, 2.24) is 9.55 Å². The van der Waals surface area contributed by atoms with E-state index in [1.165, 1.54) is 61.1 Å². The van der Waals surface area contributed by atoms with E-state index in [9.17, 15) is 0 Å². The topological polar surface area (TPSA) is 33.5 Å². The Bertz CT molecular complexity index is 3070. The molecule has 0 unspecified atom stereocenters. The molecule has 66 heavy (non-hydrogen) atoms. The van der Waals surface area contributed by atoms with Crippen LogP contribution < -0.4 is 14.5 Å². The van der Waals surface area contributed by atoms with E-state index < -0.39 is 0 Å². The van der Waals surface area contributed by atoms with Crippen LogP contribution in [0.3, 0.4) is 0 Å². The van der Waals surface area contributed by atoms with Crippen molar-refractivity contribution in [2.45, 2.75) is 111 Å². The molecular weight excluding hydrogens is 805 g/mol. The van der Waals surface area contributed by atoms with Crippen LogP contribution in [0.25, 0.3) is 33.3 Å². The van der Waals surface area contributed by atoms with Crippen LogP contribution in [0.1, 0.15) is 134 Å². The van der Waals surface area contributed by atoms with Gasteiger partial charge in [-0.05, 0) is 117 Å². The highest BCUT2D eigenvalue weighted by Crippen LogP contribution is 2.44. The fraction of sp³-hybridized carbons (Fsp3) is 0.295. The normalized spacial score (nSPS) is 13.7. The summed E-state index contributed by atoms with van der Waals surface area (Å²) in [5.41, 5.74) is 14.6. The van der Waals surface area contributed by atoms with Crippen molar-refractivity contribution in [3.63, 3.8) is 0 Å². The first kappa shape index (κ1) is 44.6. The van der Waals surface area contributed by atoms with Gasteiger partial charge in [0.1, 0.15) is 17.3 Å². The maximum atomic E-state index is 6.85. The summed E-state index contributed by atoms with van der Waals surface area (Å²) in [5, 5.41) is 2.39. The molecule has 0 saturated heterocycles. The number of benzene rings is 6. The van der Waals surface area contributed by atoms with E-state index in [-0.39, 0.29) is 16.2 Å². The molecule has 0 bridgehead atoms. The molecule has 0 N–H and O–H groups in total. The summed E-state index contributed by atoms with van der Waals surface area (Å²) in [6.45, 7) is 28.1. The summed E-state index contributed by atoms with van der Waals surface area (Å²) in [4.78, 5) is 9.84. The average Bonchev–Trinajstić information content (AvgIpc) is 3.88. The second kappa shape index (κ2) is 17.0. The van der Waals surface area contributed by atoms with Gasteiger partial charge in [0.2, 0.25) is 0 Å². The first-order chi connectivity index (χ1) is 31.4. The summed E-state index contributed by atoms with van der Waals surface area (Å²) in [7, 11) is 0. The van der Waals surface area contributed by atoms with Crippen molar-refractivity contribution in [1.29, 1.82) is 0 Å². The van der Waals surface area contributed by atoms with Gasteiger partial charge in [0.05, 0.1) is 23.4 Å². The third-order valence-corrected chi connectivity index (χ3v) is 13.7. The number of hydrogen-bond acceptors (Lipinski definition) is 4. The molecular formula is C61H66N4O. The highest BCUT2D eigenvalue weighted by atomic mass is 16.5. The second-order valence-electron chi connectivity index (χ2n) is 21.5. The summed E-state index contributed by atoms with van der Waals surface area (Å²) in [5.74, 6) is 3.16. The lowest BCUT2D eigenvalue weighted by Gasteiger charge is -2.31. The van der Waals surface area contributed by atoms with E-state index >= 15 is 0 Å². The van der Waals surface area contributed by atoms with Crippen LogP contribution in [-0.2, 0) is 16.2 Å². The van der Waals surface area contributed by atoms with E-state index in [1.807, 2.05) is 6.20 Å². The van der Waals surface area contributed by atoms with Crippen LogP contribution in [0.5, 0.6) is 11.5 Å². The number of nitrogens with zero attached hydrogens (tertiary/aromatic N) is 4. The second-order valence-corrected chi connectivity index (χ2v) is 21.5. The molecule has 0 radical (unpaired) electrons. The quantitative estimate of drug-likeness (QED) is 0.137. The largest absolute Gasteiger partial charge is 0.457 e. The Kier molecular flexibility index (Phi) is 11.5. The Morgan fingerprint density at radius 2 is 1.15 bits per heavy atom. The number of aromatic nitrogens is 2. The van der Waals surface area contributed by atoms with Gasteiger partial charge in [-0.1, -0.05) is 156 Å². The van der Waals surface area contributed by atoms with E-state index in [0.29, 0.717) is 18.5 Å². The summed E-state index contributed by atoms with van der Waals surface area (Å²) in [6.07, 6.45) is 4.30. The van der Waals surface area contributed by atoms with Gasteiger partial charge in [-0.15, -0.1) is 0 Å². The number of anilines is 2. The molecule has 1 aliphatic heterocycles. The van der Waals surface area contributed by atoms with Crippen molar-refractivity contribution in [3.8, 4) is 17.3 Å². The van der Waals surface area contributed by atoms with Crippen molar-refractivity contribution in [2.75, 3.05) is 16.5 Å². The van der Waals surface area contributed by atoms with Gasteiger partial charge in [-0.2, -0.15) is 0 Å². The molecule has 0 fully saturated rings. The summed E-state index contributed by atoms with van der Waals surface area (Å²) in [6, 6.07) is 53.1. The zero-order valence-electron chi connectivity index (χ0n) is 41.1. The molecule has 5 heteroatoms. The number of hydrogen-bond donors (Lipinski definition) is 0. The van der Waals surface area contributed by atoms with E-state index in [1.54, 1.807) is 0 Å². The minimum atomic E-state index is -0.176. The fourth-order valence-electron chi connectivity index (χ4n) is 9.64. The fourth-order valence-corrected chi connectivity index (χ4v) is 9.64. The van der Waals surface area contributed by atoms with Crippen molar-refractivity contribution < 1.29 is 4.74 Å². The standard InChI is InChI=1S/C61H66N4O/c1-40(2)50-25-18-26-51(41(3)4)58(50)56-38-63(39-64(56)47-23-16-21-45(33-47)61(11,12)42-19-14-13-15-20-42)46-22-17-24-48(36-46)66-49-28-29-52-53-34-43(59(5,6)7)27-30-54(53)65(55(52)37-49)57-35-44(31-32-62-57)60(8,9)10/h13-38,40-41H,39H2,1-12H3. The molecule has 8 aromatic rings. The first-order valence-corrected chi connectivity index (χ1v) is 23.8. The molecule has 0 atom stereocenters. The Hall–Kier alpha value is -6.59. The zero-order chi connectivity index (χ0) is 46.7. The molecule has 9 rings (SSSR count). The predicted molar refractivity (Wildman–Crippen MR) is 280 cm³/mol. The molecule has 6 aromatic carbocycles. The van der Waals surface area contributed by atoms with Gasteiger partial charge in [-0.25, -0.2) is 4.98 Å². The van der Waals surface area contributed by atoms with Gasteiger partial charge in [-0.3, -0.25) is 4.57 Å². The van der Waals surface area contributed by atoms with Crippen LogP contribution in [0, 0.1) is 0 Å². The minimum Gasteiger partial charge on any atom is -0.457 e. The molecule has 336 valence electrons. The van der Waals surface area contributed by atoms with Crippen molar-refractivity contribution in [2.24, 2.45) is 0 Å². The van der Waals surface area contributed by atoms with Gasteiger partial charge < -0.3 is 14.5 Å². The monoisotopic (exact) mass is 871 g/mol. The van der Waals surface area contributed by atoms with Crippen molar-refractivity contribution >= 4 is 38.9 Å². The lowest BCUT2D eigenvalue weighted by atomic mass is 9.78. The molecule has 3 heterocycles. The minimum absolute atomic E-state index is 0.0151. The van der Waals surface area contributed by atoms with E-state index in [2.05, 4.69) is 249 Å². The number of ether oxygens (including phenoxy) is 1. The van der Waals surface area contributed by atoms with Crippen LogP contribution in [0.4, 0.5) is 11.4 Å². The SMILES string of the molecule is CC(C)c1cccc(C(C)C)c1C1=CN(c2cccc(Oc3ccc4c5cc(C(C)(C)C)ccc5n(-c5cc(C(C)(C)C)ccn5)c4c3)c2)CN1c1cccc(C(C)(C)c2ccccc2)c1. The van der Waals surface area contributed by atoms with Crippen LogP contribution in [0.2, 0.25) is 0 Å². The number of pyridine rings is 1. The Labute approximate surface area is 393 Å². The van der Waals surface area contributed by atoms with Crippen LogP contribution in [-0.4, -0.2) is 16.2 Å². The number of rotatable bonds is 10. The van der Waals surface area contributed by atoms with E-state index in [0.717, 1.165) is 34.0 Å². The zero-order valence-corrected chi connectivity index (χ0v) is 41.1. The Balaban J connectivity index is 1.12. The lowest BCUT2D eigenvalue weighted by molar-refractivity contribution is 0.483. The van der Waals surface area contributed by atoms with Crippen LogP contribution in [0.15, 0.2) is 158 Å². The number of fused-ring (bicyclic) bond motifs is 3. The van der Waals surface area contributed by atoms with Gasteiger partial charge in [0, 0.05) is 57.7 Å². The van der Waals surface area contributed by atoms with Crippen molar-refractivity contribution in [3.05, 3.63) is 197 Å². The van der Waals surface area contributed by atoms with E-state index in [4.69, 9.17) is 9.72 Å². The molecule has 0 saturated carbocycles. The van der Waals surface area contributed by atoms with Crippen LogP contribution >= 0.6 is 0 Å². The van der Waals surface area contributed by atoms with Gasteiger partial charge in [0.15, 0.2) is 0 Å². The highest BCUT2D eigenvalue weighted by Gasteiger charge is 2.31. The molecule has 0 aliphatic carbocycles. The third kappa shape index (κ3) is 8.41.